The van der Waals surface area contributed by atoms with Gasteiger partial charge in [0.1, 0.15) is 12.0 Å². The van der Waals surface area contributed by atoms with Gasteiger partial charge in [0.15, 0.2) is 0 Å². The van der Waals surface area contributed by atoms with Crippen LogP contribution in [0, 0.1) is 5.92 Å². The lowest BCUT2D eigenvalue weighted by Crippen LogP contribution is -2.54. The number of carbonyl (C=O) groups is 1. The van der Waals surface area contributed by atoms with Crippen LogP contribution in [0.1, 0.15) is 44.6 Å². The summed E-state index contributed by atoms with van der Waals surface area (Å²) in [6, 6.07) is 10.5. The van der Waals surface area contributed by atoms with Crippen molar-refractivity contribution in [3.05, 3.63) is 42.1 Å². The van der Waals surface area contributed by atoms with E-state index < -0.39 is 12.3 Å². The van der Waals surface area contributed by atoms with E-state index in [2.05, 4.69) is 27.3 Å². The van der Waals surface area contributed by atoms with E-state index in [4.69, 9.17) is 9.47 Å². The third-order valence-corrected chi connectivity index (χ3v) is 7.97. The van der Waals surface area contributed by atoms with Crippen LogP contribution in [0.15, 0.2) is 36.5 Å². The lowest BCUT2D eigenvalue weighted by molar-refractivity contribution is -0.126. The van der Waals surface area contributed by atoms with E-state index in [0.717, 1.165) is 54.4 Å². The van der Waals surface area contributed by atoms with Gasteiger partial charge in [0, 0.05) is 36.5 Å². The highest BCUT2D eigenvalue weighted by molar-refractivity contribution is 6.00. The van der Waals surface area contributed by atoms with Gasteiger partial charge in [-0.3, -0.25) is 4.79 Å². The summed E-state index contributed by atoms with van der Waals surface area (Å²) in [6.07, 6.45) is 4.13. The molecule has 4 aliphatic heterocycles. The molecule has 186 valence electrons. The molecule has 1 amide bonds. The summed E-state index contributed by atoms with van der Waals surface area (Å²) in [5, 5.41) is 3.45. The number of anilines is 4. The highest BCUT2D eigenvalue weighted by Crippen LogP contribution is 2.41. The van der Waals surface area contributed by atoms with E-state index in [1.165, 1.54) is 0 Å². The number of hydrogen-bond acceptors (Lipinski definition) is 6. The molecular weight excluding hydrogens is 447 g/mol. The Bertz CT molecular complexity index is 1090. The van der Waals surface area contributed by atoms with Gasteiger partial charge in [-0.1, -0.05) is 6.07 Å². The van der Waals surface area contributed by atoms with Crippen LogP contribution >= 0.6 is 0 Å². The minimum atomic E-state index is -1.12. The van der Waals surface area contributed by atoms with Crippen LogP contribution < -0.4 is 15.1 Å². The first-order valence-corrected chi connectivity index (χ1v) is 12.9. The molecule has 0 spiro atoms. The standard InChI is InChI=1S/C27H33FN4O3/c1-2-34-25-10-5-17(12-22(25)28)27(33)32-14-18-4-3-11-29-26(18)30-23-9-7-19(13-24(23)32)31-15-21-8-6-20(31)16-35-21/h3-4,7,9,11,13,17,20-22,25H,2,5-6,8,10,12,14-16H2,1H3,(H,29,30)/t17-,20-,21-,22+,25+/m1/s1. The lowest BCUT2D eigenvalue weighted by atomic mass is 9.85. The molecule has 1 aromatic carbocycles. The van der Waals surface area contributed by atoms with Crippen molar-refractivity contribution in [2.75, 3.05) is 34.9 Å². The quantitative estimate of drug-likeness (QED) is 0.691. The number of alkyl halides is 1. The second-order valence-corrected chi connectivity index (χ2v) is 10.1. The molecule has 4 fully saturated rings. The van der Waals surface area contributed by atoms with Gasteiger partial charge in [-0.2, -0.15) is 0 Å². The number of rotatable bonds is 4. The summed E-state index contributed by atoms with van der Waals surface area (Å²) in [5.74, 6) is 0.365. The maximum absolute atomic E-state index is 14.9. The Morgan fingerprint density at radius 3 is 2.91 bits per heavy atom. The first-order valence-electron chi connectivity index (χ1n) is 12.9. The second-order valence-electron chi connectivity index (χ2n) is 10.1. The van der Waals surface area contributed by atoms with Gasteiger partial charge < -0.3 is 24.6 Å². The Morgan fingerprint density at radius 2 is 2.17 bits per heavy atom. The lowest BCUT2D eigenvalue weighted by Gasteiger charge is -2.46. The van der Waals surface area contributed by atoms with Gasteiger partial charge in [0.2, 0.25) is 5.91 Å². The Morgan fingerprint density at radius 1 is 1.26 bits per heavy atom. The number of benzene rings is 1. The maximum Gasteiger partial charge on any atom is 0.230 e. The fraction of sp³-hybridized carbons (Fsp3) is 0.556. The van der Waals surface area contributed by atoms with E-state index >= 15 is 0 Å². The number of aromatic nitrogens is 1. The van der Waals surface area contributed by atoms with Gasteiger partial charge in [0.25, 0.3) is 0 Å². The Labute approximate surface area is 205 Å². The van der Waals surface area contributed by atoms with Crippen LogP contribution in [0.25, 0.3) is 0 Å². The van der Waals surface area contributed by atoms with Crippen LogP contribution in [-0.2, 0) is 20.8 Å². The predicted octanol–water partition coefficient (Wildman–Crippen LogP) is 4.58. The summed E-state index contributed by atoms with van der Waals surface area (Å²) in [7, 11) is 0. The highest BCUT2D eigenvalue weighted by atomic mass is 19.1. The molecule has 5 atom stereocenters. The molecule has 3 saturated heterocycles. The van der Waals surface area contributed by atoms with Crippen LogP contribution in [0.2, 0.25) is 0 Å². The summed E-state index contributed by atoms with van der Waals surface area (Å²) in [4.78, 5) is 22.7. The Hall–Kier alpha value is -2.71. The highest BCUT2D eigenvalue weighted by Gasteiger charge is 2.39. The average Bonchev–Trinajstić information content (AvgIpc) is 3.06. The van der Waals surface area contributed by atoms with Gasteiger partial charge >= 0.3 is 0 Å². The topological polar surface area (TPSA) is 66.9 Å². The normalized spacial score (nSPS) is 29.7. The summed E-state index contributed by atoms with van der Waals surface area (Å²) in [6.45, 7) is 4.40. The molecule has 8 heteroatoms. The monoisotopic (exact) mass is 480 g/mol. The number of nitrogens with zero attached hydrogens (tertiary/aromatic N) is 3. The van der Waals surface area contributed by atoms with E-state index in [-0.39, 0.29) is 24.3 Å². The molecule has 7 rings (SSSR count). The zero-order valence-electron chi connectivity index (χ0n) is 20.2. The average molecular weight is 481 g/mol. The fourth-order valence-electron chi connectivity index (χ4n) is 6.09. The molecule has 1 aliphatic carbocycles. The smallest absolute Gasteiger partial charge is 0.230 e. The summed E-state index contributed by atoms with van der Waals surface area (Å²) in [5.41, 5.74) is 3.72. The molecule has 1 aromatic heterocycles. The Kier molecular flexibility index (Phi) is 6.10. The number of ether oxygens (including phenoxy) is 2. The van der Waals surface area contributed by atoms with Crippen molar-refractivity contribution in [3.63, 3.8) is 0 Å². The van der Waals surface area contributed by atoms with Crippen LogP contribution in [0.4, 0.5) is 27.3 Å². The molecule has 35 heavy (non-hydrogen) atoms. The number of carbonyl (C=O) groups excluding carboxylic acids is 1. The first kappa shape index (κ1) is 22.7. The van der Waals surface area contributed by atoms with E-state index in [9.17, 15) is 9.18 Å². The minimum Gasteiger partial charge on any atom is -0.375 e. The van der Waals surface area contributed by atoms with Crippen molar-refractivity contribution in [1.29, 1.82) is 0 Å². The first-order chi connectivity index (χ1) is 17.1. The third-order valence-electron chi connectivity index (χ3n) is 7.97. The SMILES string of the molecule is CCO[C@H]1CC[C@@H](C(=O)N2Cc3cccnc3Nc3ccc(N4C[C@H]5CC[C@@H]4CO5)cc32)C[C@@H]1F. The summed E-state index contributed by atoms with van der Waals surface area (Å²) >= 11 is 0. The summed E-state index contributed by atoms with van der Waals surface area (Å²) < 4.78 is 26.4. The van der Waals surface area contributed by atoms with E-state index in [0.29, 0.717) is 32.0 Å². The van der Waals surface area contributed by atoms with E-state index in [1.54, 1.807) is 6.20 Å². The number of piperidine rings is 1. The van der Waals surface area contributed by atoms with Crippen LogP contribution in [-0.4, -0.2) is 55.1 Å². The molecule has 2 aromatic rings. The molecular formula is C27H33FN4O3. The second kappa shape index (κ2) is 9.39. The fourth-order valence-corrected chi connectivity index (χ4v) is 6.09. The van der Waals surface area contributed by atoms with Crippen molar-refractivity contribution in [2.45, 2.75) is 70.0 Å². The van der Waals surface area contributed by atoms with Crippen molar-refractivity contribution < 1.29 is 18.7 Å². The molecule has 0 unspecified atom stereocenters. The molecule has 1 N–H and O–H groups in total. The molecule has 7 nitrogen and oxygen atoms in total. The number of nitrogens with one attached hydrogen (secondary N) is 1. The number of halogens is 1. The maximum atomic E-state index is 14.9. The molecule has 0 radical (unpaired) electrons. The number of hydrogen-bond donors (Lipinski definition) is 1. The number of morpholine rings is 1. The number of amides is 1. The van der Waals surface area contributed by atoms with Crippen LogP contribution in [0.5, 0.6) is 0 Å². The van der Waals surface area contributed by atoms with Crippen molar-refractivity contribution in [1.82, 2.24) is 4.98 Å². The van der Waals surface area contributed by atoms with Crippen LogP contribution in [0.3, 0.4) is 0 Å². The van der Waals surface area contributed by atoms with Crippen molar-refractivity contribution >= 4 is 28.8 Å². The molecule has 5 heterocycles. The van der Waals surface area contributed by atoms with Crippen molar-refractivity contribution in [2.24, 2.45) is 5.92 Å². The predicted molar refractivity (Wildman–Crippen MR) is 133 cm³/mol. The minimum absolute atomic E-state index is 0.0250. The molecule has 5 aliphatic rings. The van der Waals surface area contributed by atoms with Crippen molar-refractivity contribution in [3.8, 4) is 0 Å². The van der Waals surface area contributed by atoms with E-state index in [1.807, 2.05) is 30.0 Å². The largest absolute Gasteiger partial charge is 0.375 e. The Balaban J connectivity index is 1.33. The van der Waals surface area contributed by atoms with Gasteiger partial charge in [0.05, 0.1) is 42.8 Å². The zero-order chi connectivity index (χ0) is 23.9. The number of pyridine rings is 1. The zero-order valence-corrected chi connectivity index (χ0v) is 20.2. The van der Waals surface area contributed by atoms with Gasteiger partial charge in [-0.15, -0.1) is 0 Å². The van der Waals surface area contributed by atoms with Gasteiger partial charge in [-0.25, -0.2) is 9.37 Å². The molecule has 1 saturated carbocycles. The van der Waals surface area contributed by atoms with Gasteiger partial charge in [-0.05, 0) is 63.3 Å². The molecule has 2 bridgehead atoms. The third kappa shape index (κ3) is 4.27. The number of fused-ring (bicyclic) bond motifs is 5.